The number of nitrogens with zero attached hydrogens (tertiary/aromatic N) is 2. The Morgan fingerprint density at radius 3 is 2.24 bits per heavy atom. The topological polar surface area (TPSA) is 68.7 Å². The quantitative estimate of drug-likeness (QED) is 0.605. The van der Waals surface area contributed by atoms with E-state index in [1.54, 1.807) is 4.90 Å². The summed E-state index contributed by atoms with van der Waals surface area (Å²) in [4.78, 5) is 31.9. The molecule has 2 aromatic carbocycles. The molecule has 0 bridgehead atoms. The van der Waals surface area contributed by atoms with Crippen LogP contribution < -0.4 is 0 Å². The Morgan fingerprint density at radius 2 is 1.59 bits per heavy atom. The number of hydrogen-bond donors (Lipinski definition) is 0. The fourth-order valence-corrected chi connectivity index (χ4v) is 4.04. The molecule has 1 aliphatic heterocycles. The second kappa shape index (κ2) is 8.98. The molecular weight excluding hydrogens is 388 g/mol. The standard InChI is InChI=1S/C22H20N2O4S/c25-18(24-11-13-27-14-12-24)15-28-22(26)20-19(16-7-3-1-4-8-16)23-21(29-20)17-9-5-2-6-10-17/h1-10H,11-15H2. The molecule has 4 rings (SSSR count). The van der Waals surface area contributed by atoms with Crippen molar-refractivity contribution < 1.29 is 19.1 Å². The minimum atomic E-state index is -0.537. The first kappa shape index (κ1) is 19.3. The number of carbonyl (C=O) groups excluding carboxylic acids is 2. The molecule has 0 unspecified atom stereocenters. The summed E-state index contributed by atoms with van der Waals surface area (Å²) in [6, 6.07) is 19.2. The van der Waals surface area contributed by atoms with Crippen molar-refractivity contribution in [1.82, 2.24) is 9.88 Å². The summed E-state index contributed by atoms with van der Waals surface area (Å²) in [6.45, 7) is 1.76. The van der Waals surface area contributed by atoms with Crippen molar-refractivity contribution in [3.8, 4) is 21.8 Å². The van der Waals surface area contributed by atoms with Gasteiger partial charge in [-0.3, -0.25) is 4.79 Å². The maximum Gasteiger partial charge on any atom is 0.351 e. The van der Waals surface area contributed by atoms with Crippen LogP contribution in [0.4, 0.5) is 0 Å². The van der Waals surface area contributed by atoms with Gasteiger partial charge in [0.2, 0.25) is 0 Å². The molecule has 29 heavy (non-hydrogen) atoms. The third-order valence-electron chi connectivity index (χ3n) is 4.57. The number of amides is 1. The molecule has 2 heterocycles. The van der Waals surface area contributed by atoms with Crippen LogP contribution in [0.2, 0.25) is 0 Å². The van der Waals surface area contributed by atoms with Crippen LogP contribution in [0.3, 0.4) is 0 Å². The summed E-state index contributed by atoms with van der Waals surface area (Å²) in [6.07, 6.45) is 0. The predicted octanol–water partition coefficient (Wildman–Crippen LogP) is 3.49. The SMILES string of the molecule is O=C(OCC(=O)N1CCOCC1)c1sc(-c2ccccc2)nc1-c1ccccc1. The normalized spacial score (nSPS) is 13.9. The fourth-order valence-electron chi connectivity index (χ4n) is 3.05. The molecule has 1 aliphatic rings. The van der Waals surface area contributed by atoms with E-state index in [4.69, 9.17) is 14.5 Å². The van der Waals surface area contributed by atoms with Crippen LogP contribution in [0.1, 0.15) is 9.67 Å². The van der Waals surface area contributed by atoms with Crippen LogP contribution in [0.5, 0.6) is 0 Å². The Labute approximate surface area is 172 Å². The Balaban J connectivity index is 1.57. The first-order chi connectivity index (χ1) is 14.2. The van der Waals surface area contributed by atoms with E-state index in [0.717, 1.165) is 16.1 Å². The van der Waals surface area contributed by atoms with Crippen LogP contribution in [-0.4, -0.2) is 54.7 Å². The average molecular weight is 408 g/mol. The first-order valence-electron chi connectivity index (χ1n) is 9.36. The molecule has 6 nitrogen and oxygen atoms in total. The summed E-state index contributed by atoms with van der Waals surface area (Å²) >= 11 is 1.27. The summed E-state index contributed by atoms with van der Waals surface area (Å²) < 4.78 is 10.6. The van der Waals surface area contributed by atoms with Crippen molar-refractivity contribution in [1.29, 1.82) is 0 Å². The maximum atomic E-state index is 12.8. The third-order valence-corrected chi connectivity index (χ3v) is 5.66. The lowest BCUT2D eigenvalue weighted by atomic mass is 10.1. The third kappa shape index (κ3) is 4.52. The number of aromatic nitrogens is 1. The van der Waals surface area contributed by atoms with Gasteiger partial charge >= 0.3 is 5.97 Å². The number of carbonyl (C=O) groups is 2. The van der Waals surface area contributed by atoms with Crippen LogP contribution in [0, 0.1) is 0 Å². The smallest absolute Gasteiger partial charge is 0.351 e. The highest BCUT2D eigenvalue weighted by Crippen LogP contribution is 2.34. The molecule has 1 fully saturated rings. The summed E-state index contributed by atoms with van der Waals surface area (Å²) in [5, 5.41) is 0.732. The Bertz CT molecular complexity index is 983. The van der Waals surface area contributed by atoms with Crippen LogP contribution >= 0.6 is 11.3 Å². The van der Waals surface area contributed by atoms with Crippen molar-refractivity contribution in [3.63, 3.8) is 0 Å². The Morgan fingerprint density at radius 1 is 0.966 bits per heavy atom. The number of ether oxygens (including phenoxy) is 2. The van der Waals surface area contributed by atoms with Gasteiger partial charge in [-0.25, -0.2) is 9.78 Å². The second-order valence-corrected chi connectivity index (χ2v) is 7.50. The van der Waals surface area contributed by atoms with Gasteiger partial charge in [0.25, 0.3) is 5.91 Å². The van der Waals surface area contributed by atoms with Crippen LogP contribution in [0.15, 0.2) is 60.7 Å². The van der Waals surface area contributed by atoms with E-state index in [9.17, 15) is 9.59 Å². The number of morpholine rings is 1. The number of rotatable bonds is 5. The van der Waals surface area contributed by atoms with Gasteiger partial charge in [-0.1, -0.05) is 60.7 Å². The maximum absolute atomic E-state index is 12.8. The van der Waals surface area contributed by atoms with Gasteiger partial charge in [0.1, 0.15) is 9.88 Å². The zero-order valence-electron chi connectivity index (χ0n) is 15.7. The molecule has 0 atom stereocenters. The van der Waals surface area contributed by atoms with E-state index in [0.29, 0.717) is 36.9 Å². The Kier molecular flexibility index (Phi) is 5.97. The molecule has 1 aromatic heterocycles. The van der Waals surface area contributed by atoms with Crippen molar-refractivity contribution in [3.05, 3.63) is 65.5 Å². The number of thiazole rings is 1. The van der Waals surface area contributed by atoms with E-state index in [-0.39, 0.29) is 12.5 Å². The number of benzene rings is 2. The van der Waals surface area contributed by atoms with Crippen molar-refractivity contribution in [2.75, 3.05) is 32.9 Å². The molecule has 1 amide bonds. The molecule has 0 saturated carbocycles. The lowest BCUT2D eigenvalue weighted by Gasteiger charge is -2.26. The van der Waals surface area contributed by atoms with Crippen molar-refractivity contribution in [2.24, 2.45) is 0 Å². The van der Waals surface area contributed by atoms with Gasteiger partial charge in [0.05, 0.1) is 18.9 Å². The second-order valence-electron chi connectivity index (χ2n) is 6.50. The lowest BCUT2D eigenvalue weighted by molar-refractivity contribution is -0.138. The van der Waals surface area contributed by atoms with Gasteiger partial charge in [0.15, 0.2) is 6.61 Å². The van der Waals surface area contributed by atoms with E-state index in [1.165, 1.54) is 11.3 Å². The molecule has 0 radical (unpaired) electrons. The highest BCUT2D eigenvalue weighted by Gasteiger charge is 2.24. The molecular formula is C22H20N2O4S. The molecule has 7 heteroatoms. The monoisotopic (exact) mass is 408 g/mol. The highest BCUT2D eigenvalue weighted by molar-refractivity contribution is 7.17. The van der Waals surface area contributed by atoms with Crippen LogP contribution in [0.25, 0.3) is 21.8 Å². The van der Waals surface area contributed by atoms with Gasteiger partial charge in [-0.2, -0.15) is 0 Å². The number of hydrogen-bond acceptors (Lipinski definition) is 6. The van der Waals surface area contributed by atoms with E-state index in [2.05, 4.69) is 0 Å². The average Bonchev–Trinajstić information content (AvgIpc) is 3.25. The molecule has 1 saturated heterocycles. The minimum Gasteiger partial charge on any atom is -0.451 e. The van der Waals surface area contributed by atoms with Crippen LogP contribution in [-0.2, 0) is 14.3 Å². The van der Waals surface area contributed by atoms with Gasteiger partial charge in [-0.05, 0) is 0 Å². The number of esters is 1. The zero-order valence-corrected chi connectivity index (χ0v) is 16.6. The van der Waals surface area contributed by atoms with Crippen molar-refractivity contribution in [2.45, 2.75) is 0 Å². The van der Waals surface area contributed by atoms with E-state index < -0.39 is 5.97 Å². The largest absolute Gasteiger partial charge is 0.451 e. The molecule has 148 valence electrons. The lowest BCUT2D eigenvalue weighted by Crippen LogP contribution is -2.42. The first-order valence-corrected chi connectivity index (χ1v) is 10.2. The van der Waals surface area contributed by atoms with E-state index >= 15 is 0 Å². The van der Waals surface area contributed by atoms with Gasteiger partial charge in [-0.15, -0.1) is 11.3 Å². The van der Waals surface area contributed by atoms with Gasteiger partial charge in [0, 0.05) is 24.2 Å². The predicted molar refractivity (Wildman–Crippen MR) is 111 cm³/mol. The summed E-state index contributed by atoms with van der Waals surface area (Å²) in [7, 11) is 0. The van der Waals surface area contributed by atoms with Gasteiger partial charge < -0.3 is 14.4 Å². The van der Waals surface area contributed by atoms with Crippen molar-refractivity contribution >= 4 is 23.2 Å². The van der Waals surface area contributed by atoms with E-state index in [1.807, 2.05) is 60.7 Å². The molecule has 0 aliphatic carbocycles. The minimum absolute atomic E-state index is 0.212. The highest BCUT2D eigenvalue weighted by atomic mass is 32.1. The molecule has 0 spiro atoms. The fraction of sp³-hybridized carbons (Fsp3) is 0.227. The summed E-state index contributed by atoms with van der Waals surface area (Å²) in [5.41, 5.74) is 2.33. The summed E-state index contributed by atoms with van der Waals surface area (Å²) in [5.74, 6) is -0.749. The Hall–Kier alpha value is -3.03. The zero-order chi connectivity index (χ0) is 20.1. The molecule has 3 aromatic rings. The molecule has 0 N–H and O–H groups in total.